The van der Waals surface area contributed by atoms with E-state index in [1.54, 1.807) is 19.2 Å². The lowest BCUT2D eigenvalue weighted by Crippen LogP contribution is -2.08. The van der Waals surface area contributed by atoms with E-state index in [1.807, 2.05) is 13.8 Å². The molecule has 0 spiro atoms. The zero-order valence-corrected chi connectivity index (χ0v) is 12.4. The second kappa shape index (κ2) is 6.09. The van der Waals surface area contributed by atoms with Crippen LogP contribution in [0.5, 0.6) is 17.2 Å². The fourth-order valence-electron chi connectivity index (χ4n) is 1.26. The number of hydrogen-bond acceptors (Lipinski definition) is 4. The lowest BCUT2D eigenvalue weighted by Gasteiger charge is -2.15. The second-order valence-electron chi connectivity index (χ2n) is 3.69. The quantitative estimate of drug-likeness (QED) is 0.476. The van der Waals surface area contributed by atoms with Gasteiger partial charge in [-0.2, -0.15) is 0 Å². The van der Waals surface area contributed by atoms with Crippen molar-refractivity contribution in [3.05, 3.63) is 15.7 Å². The number of esters is 1. The molecule has 0 amide bonds. The molecule has 17 heavy (non-hydrogen) atoms. The van der Waals surface area contributed by atoms with E-state index in [2.05, 4.69) is 22.6 Å². The van der Waals surface area contributed by atoms with E-state index in [0.717, 1.165) is 3.57 Å². The summed E-state index contributed by atoms with van der Waals surface area (Å²) in [5, 5.41) is 0. The molecule has 0 unspecified atom stereocenters. The van der Waals surface area contributed by atoms with Gasteiger partial charge in [-0.1, -0.05) is 0 Å². The summed E-state index contributed by atoms with van der Waals surface area (Å²) in [5.74, 6) is 1.32. The van der Waals surface area contributed by atoms with Gasteiger partial charge in [0.15, 0.2) is 11.5 Å². The Morgan fingerprint density at radius 3 is 2.35 bits per heavy atom. The van der Waals surface area contributed by atoms with Crippen LogP contribution in [0.25, 0.3) is 0 Å². The van der Waals surface area contributed by atoms with E-state index in [1.165, 1.54) is 6.92 Å². The highest BCUT2D eigenvalue weighted by Crippen LogP contribution is 2.36. The first-order valence-electron chi connectivity index (χ1n) is 5.16. The topological polar surface area (TPSA) is 44.8 Å². The fraction of sp³-hybridized carbons (Fsp3) is 0.417. The number of rotatable bonds is 4. The summed E-state index contributed by atoms with van der Waals surface area (Å²) >= 11 is 2.08. The number of benzene rings is 1. The van der Waals surface area contributed by atoms with Crippen molar-refractivity contribution in [1.82, 2.24) is 0 Å². The van der Waals surface area contributed by atoms with Crippen LogP contribution in [0.15, 0.2) is 12.1 Å². The third kappa shape index (κ3) is 4.07. The van der Waals surface area contributed by atoms with E-state index in [4.69, 9.17) is 14.2 Å². The van der Waals surface area contributed by atoms with Crippen LogP contribution in [0, 0.1) is 3.57 Å². The first kappa shape index (κ1) is 14.1. The van der Waals surface area contributed by atoms with Crippen LogP contribution in [0.1, 0.15) is 20.8 Å². The highest BCUT2D eigenvalue weighted by Gasteiger charge is 2.13. The van der Waals surface area contributed by atoms with Crippen molar-refractivity contribution < 1.29 is 19.0 Å². The van der Waals surface area contributed by atoms with Gasteiger partial charge in [0.05, 0.1) is 16.8 Å². The Kier molecular flexibility index (Phi) is 5.04. The van der Waals surface area contributed by atoms with Gasteiger partial charge in [-0.05, 0) is 36.4 Å². The molecular weight excluding hydrogens is 335 g/mol. The van der Waals surface area contributed by atoms with Crippen molar-refractivity contribution in [2.24, 2.45) is 0 Å². The molecule has 0 saturated carbocycles. The fourth-order valence-corrected chi connectivity index (χ4v) is 1.80. The zero-order valence-electron chi connectivity index (χ0n) is 10.2. The van der Waals surface area contributed by atoms with Crippen LogP contribution in [0.2, 0.25) is 0 Å². The smallest absolute Gasteiger partial charge is 0.308 e. The van der Waals surface area contributed by atoms with Gasteiger partial charge >= 0.3 is 5.97 Å². The van der Waals surface area contributed by atoms with E-state index in [-0.39, 0.29) is 12.1 Å². The highest BCUT2D eigenvalue weighted by atomic mass is 127. The van der Waals surface area contributed by atoms with Crippen molar-refractivity contribution in [3.8, 4) is 17.2 Å². The van der Waals surface area contributed by atoms with Gasteiger partial charge in [0.25, 0.3) is 0 Å². The molecule has 94 valence electrons. The SMILES string of the molecule is COc1cc(I)c(OC(C)=O)cc1OC(C)C. The first-order chi connectivity index (χ1) is 7.93. The Morgan fingerprint density at radius 1 is 1.24 bits per heavy atom. The lowest BCUT2D eigenvalue weighted by molar-refractivity contribution is -0.131. The van der Waals surface area contributed by atoms with Gasteiger partial charge in [-0.3, -0.25) is 4.79 Å². The Hall–Kier alpha value is -0.980. The predicted molar refractivity (Wildman–Crippen MR) is 72.8 cm³/mol. The summed E-state index contributed by atoms with van der Waals surface area (Å²) in [4.78, 5) is 11.0. The number of halogens is 1. The predicted octanol–water partition coefficient (Wildman–Crippen LogP) is 3.01. The van der Waals surface area contributed by atoms with Gasteiger partial charge in [-0.25, -0.2) is 0 Å². The number of carbonyl (C=O) groups is 1. The van der Waals surface area contributed by atoms with Crippen LogP contribution in [0.3, 0.4) is 0 Å². The Labute approximate surface area is 114 Å². The molecule has 0 saturated heterocycles. The van der Waals surface area contributed by atoms with Gasteiger partial charge in [0.1, 0.15) is 5.75 Å². The average molecular weight is 350 g/mol. The summed E-state index contributed by atoms with van der Waals surface area (Å²) in [7, 11) is 1.57. The maximum Gasteiger partial charge on any atom is 0.308 e. The molecule has 0 fully saturated rings. The number of carbonyl (C=O) groups excluding carboxylic acids is 1. The van der Waals surface area contributed by atoms with Gasteiger partial charge in [0.2, 0.25) is 0 Å². The second-order valence-corrected chi connectivity index (χ2v) is 4.86. The van der Waals surface area contributed by atoms with Crippen LogP contribution in [0.4, 0.5) is 0 Å². The van der Waals surface area contributed by atoms with Crippen molar-refractivity contribution in [1.29, 1.82) is 0 Å². The highest BCUT2D eigenvalue weighted by molar-refractivity contribution is 14.1. The summed E-state index contributed by atoms with van der Waals surface area (Å²) < 4.78 is 16.7. The summed E-state index contributed by atoms with van der Waals surface area (Å²) in [6.07, 6.45) is 0.0224. The van der Waals surface area contributed by atoms with Crippen molar-refractivity contribution in [2.45, 2.75) is 26.9 Å². The van der Waals surface area contributed by atoms with Crippen LogP contribution >= 0.6 is 22.6 Å². The molecule has 0 N–H and O–H groups in total. The Morgan fingerprint density at radius 2 is 1.88 bits per heavy atom. The summed E-state index contributed by atoms with van der Waals surface area (Å²) in [5.41, 5.74) is 0. The van der Waals surface area contributed by atoms with E-state index in [9.17, 15) is 4.79 Å². The van der Waals surface area contributed by atoms with Crippen molar-refractivity contribution >= 4 is 28.6 Å². The lowest BCUT2D eigenvalue weighted by atomic mass is 10.3. The Bertz CT molecular complexity index is 415. The molecular formula is C12H15IO4. The molecule has 1 aromatic carbocycles. The normalized spacial score (nSPS) is 10.2. The minimum atomic E-state index is -0.358. The van der Waals surface area contributed by atoms with Crippen molar-refractivity contribution in [2.75, 3.05) is 7.11 Å². The molecule has 1 rings (SSSR count). The average Bonchev–Trinajstić information content (AvgIpc) is 2.21. The molecule has 0 bridgehead atoms. The van der Waals surface area contributed by atoms with Gasteiger partial charge in [0, 0.05) is 19.1 Å². The molecule has 1 aromatic rings. The Balaban J connectivity index is 3.12. The third-order valence-electron chi connectivity index (χ3n) is 1.83. The summed E-state index contributed by atoms with van der Waals surface area (Å²) in [6.45, 7) is 5.20. The number of ether oxygens (including phenoxy) is 3. The van der Waals surface area contributed by atoms with Gasteiger partial charge < -0.3 is 14.2 Å². The molecule has 0 aliphatic rings. The third-order valence-corrected chi connectivity index (χ3v) is 2.68. The molecule has 0 aliphatic carbocycles. The van der Waals surface area contributed by atoms with E-state index < -0.39 is 0 Å². The van der Waals surface area contributed by atoms with Crippen LogP contribution in [-0.2, 0) is 4.79 Å². The minimum Gasteiger partial charge on any atom is -0.493 e. The zero-order chi connectivity index (χ0) is 13.0. The van der Waals surface area contributed by atoms with Crippen LogP contribution in [-0.4, -0.2) is 19.2 Å². The van der Waals surface area contributed by atoms with E-state index in [0.29, 0.717) is 17.2 Å². The molecule has 0 atom stereocenters. The molecule has 4 nitrogen and oxygen atoms in total. The molecule has 0 aromatic heterocycles. The minimum absolute atomic E-state index is 0.0224. The maximum absolute atomic E-state index is 11.0. The first-order valence-corrected chi connectivity index (χ1v) is 6.24. The van der Waals surface area contributed by atoms with Gasteiger partial charge in [-0.15, -0.1) is 0 Å². The largest absolute Gasteiger partial charge is 0.493 e. The monoisotopic (exact) mass is 350 g/mol. The van der Waals surface area contributed by atoms with Crippen molar-refractivity contribution in [3.63, 3.8) is 0 Å². The molecule has 0 aliphatic heterocycles. The van der Waals surface area contributed by atoms with E-state index >= 15 is 0 Å². The number of hydrogen-bond donors (Lipinski definition) is 0. The molecule has 0 heterocycles. The number of methoxy groups -OCH3 is 1. The standard InChI is InChI=1S/C12H15IO4/c1-7(2)16-12-6-10(17-8(3)14)9(13)5-11(12)15-4/h5-7H,1-4H3. The molecule has 0 radical (unpaired) electrons. The molecule has 5 heteroatoms. The maximum atomic E-state index is 11.0. The van der Waals surface area contributed by atoms with Crippen LogP contribution < -0.4 is 14.2 Å². The summed E-state index contributed by atoms with van der Waals surface area (Å²) in [6, 6.07) is 3.44.